The van der Waals surface area contributed by atoms with E-state index in [-0.39, 0.29) is 0 Å². The van der Waals surface area contributed by atoms with Crippen molar-refractivity contribution < 1.29 is 0 Å². The molecule has 20 heavy (non-hydrogen) atoms. The molecular weight excluding hydrogens is 248 g/mol. The predicted octanol–water partition coefficient (Wildman–Crippen LogP) is 2.80. The van der Waals surface area contributed by atoms with E-state index in [0.29, 0.717) is 12.0 Å². The standard InChI is InChI=1S/C16H30N4/c1-5-8-17-16-7-6-13(12(2)3)9-14(16)10-15-11-20(4)19-18-15/h11-14,16-17H,5-10H2,1-4H3. The summed E-state index contributed by atoms with van der Waals surface area (Å²) in [4.78, 5) is 0. The molecule has 1 heterocycles. The molecule has 0 spiro atoms. The molecule has 3 unspecified atom stereocenters. The van der Waals surface area contributed by atoms with Crippen molar-refractivity contribution >= 4 is 0 Å². The maximum absolute atomic E-state index is 4.28. The monoisotopic (exact) mass is 278 g/mol. The van der Waals surface area contributed by atoms with Crippen molar-refractivity contribution in [2.45, 2.75) is 58.9 Å². The lowest BCUT2D eigenvalue weighted by molar-refractivity contribution is 0.167. The minimum Gasteiger partial charge on any atom is -0.314 e. The van der Waals surface area contributed by atoms with Crippen LogP contribution in [0.25, 0.3) is 0 Å². The molecule has 0 amide bonds. The summed E-state index contributed by atoms with van der Waals surface area (Å²) < 4.78 is 1.81. The zero-order valence-electron chi connectivity index (χ0n) is 13.5. The Hall–Kier alpha value is -0.900. The second kappa shape index (κ2) is 7.21. The highest BCUT2D eigenvalue weighted by molar-refractivity contribution is 4.98. The first-order valence-electron chi connectivity index (χ1n) is 8.18. The Morgan fingerprint density at radius 1 is 1.40 bits per heavy atom. The van der Waals surface area contributed by atoms with E-state index in [1.807, 2.05) is 11.7 Å². The van der Waals surface area contributed by atoms with E-state index in [1.165, 1.54) is 25.7 Å². The van der Waals surface area contributed by atoms with Gasteiger partial charge in [0.15, 0.2) is 0 Å². The van der Waals surface area contributed by atoms with E-state index in [4.69, 9.17) is 0 Å². The zero-order chi connectivity index (χ0) is 14.5. The Morgan fingerprint density at radius 2 is 2.20 bits per heavy atom. The fourth-order valence-corrected chi connectivity index (χ4v) is 3.49. The molecular formula is C16H30N4. The minimum absolute atomic E-state index is 0.659. The molecule has 0 radical (unpaired) electrons. The fourth-order valence-electron chi connectivity index (χ4n) is 3.49. The smallest absolute Gasteiger partial charge is 0.0830 e. The molecule has 0 bridgehead atoms. The summed E-state index contributed by atoms with van der Waals surface area (Å²) in [5, 5.41) is 12.1. The van der Waals surface area contributed by atoms with Crippen LogP contribution in [0.3, 0.4) is 0 Å². The van der Waals surface area contributed by atoms with Gasteiger partial charge in [0.25, 0.3) is 0 Å². The van der Waals surface area contributed by atoms with Gasteiger partial charge >= 0.3 is 0 Å². The number of aryl methyl sites for hydroxylation is 1. The molecule has 4 nitrogen and oxygen atoms in total. The average Bonchev–Trinajstić information content (AvgIpc) is 2.82. The molecule has 1 fully saturated rings. The zero-order valence-corrected chi connectivity index (χ0v) is 13.5. The minimum atomic E-state index is 0.659. The topological polar surface area (TPSA) is 42.7 Å². The lowest BCUT2D eigenvalue weighted by Crippen LogP contribution is -2.42. The maximum atomic E-state index is 4.28. The average molecular weight is 278 g/mol. The lowest BCUT2D eigenvalue weighted by Gasteiger charge is -2.38. The van der Waals surface area contributed by atoms with Crippen LogP contribution in [0.4, 0.5) is 0 Å². The SMILES string of the molecule is CCCNC1CCC(C(C)C)CC1Cc1cn(C)nn1. The van der Waals surface area contributed by atoms with Gasteiger partial charge in [-0.15, -0.1) is 5.10 Å². The van der Waals surface area contributed by atoms with Crippen molar-refractivity contribution in [2.24, 2.45) is 24.8 Å². The van der Waals surface area contributed by atoms with E-state index in [9.17, 15) is 0 Å². The highest BCUT2D eigenvalue weighted by atomic mass is 15.4. The number of nitrogens with one attached hydrogen (secondary N) is 1. The van der Waals surface area contributed by atoms with Crippen LogP contribution in [0.15, 0.2) is 6.20 Å². The van der Waals surface area contributed by atoms with E-state index in [2.05, 4.69) is 42.6 Å². The number of aromatic nitrogens is 3. The summed E-state index contributed by atoms with van der Waals surface area (Å²) in [6.07, 6.45) is 8.36. The van der Waals surface area contributed by atoms with Gasteiger partial charge in [-0.2, -0.15) is 0 Å². The normalized spacial score (nSPS) is 27.1. The lowest BCUT2D eigenvalue weighted by atomic mass is 9.72. The number of hydrogen-bond donors (Lipinski definition) is 1. The van der Waals surface area contributed by atoms with Gasteiger partial charge in [0.05, 0.1) is 5.69 Å². The molecule has 114 valence electrons. The van der Waals surface area contributed by atoms with Crippen molar-refractivity contribution in [2.75, 3.05) is 6.54 Å². The van der Waals surface area contributed by atoms with Gasteiger partial charge in [-0.25, -0.2) is 0 Å². The molecule has 0 aromatic carbocycles. The summed E-state index contributed by atoms with van der Waals surface area (Å²) in [5.41, 5.74) is 1.14. The molecule has 2 rings (SSSR count). The molecule has 0 saturated heterocycles. The van der Waals surface area contributed by atoms with Gasteiger partial charge in [-0.05, 0) is 56.4 Å². The first-order valence-corrected chi connectivity index (χ1v) is 8.18. The van der Waals surface area contributed by atoms with Crippen LogP contribution in [-0.2, 0) is 13.5 Å². The predicted molar refractivity (Wildman–Crippen MR) is 82.5 cm³/mol. The van der Waals surface area contributed by atoms with Crippen molar-refractivity contribution in [3.05, 3.63) is 11.9 Å². The highest BCUT2D eigenvalue weighted by Gasteiger charge is 2.31. The van der Waals surface area contributed by atoms with Crippen molar-refractivity contribution in [1.82, 2.24) is 20.3 Å². The van der Waals surface area contributed by atoms with Crippen LogP contribution in [0.2, 0.25) is 0 Å². The fraction of sp³-hybridized carbons (Fsp3) is 0.875. The van der Waals surface area contributed by atoms with Crippen molar-refractivity contribution in [3.63, 3.8) is 0 Å². The summed E-state index contributed by atoms with van der Waals surface area (Å²) in [6, 6.07) is 0.659. The molecule has 1 saturated carbocycles. The third kappa shape index (κ3) is 4.05. The molecule has 4 heteroatoms. The van der Waals surface area contributed by atoms with Gasteiger partial charge in [-0.3, -0.25) is 4.68 Å². The summed E-state index contributed by atoms with van der Waals surface area (Å²) in [6.45, 7) is 8.10. The number of hydrogen-bond acceptors (Lipinski definition) is 3. The van der Waals surface area contributed by atoms with E-state index >= 15 is 0 Å². The largest absolute Gasteiger partial charge is 0.314 e. The Bertz CT molecular complexity index is 399. The Labute approximate surface area is 123 Å². The van der Waals surface area contributed by atoms with Crippen molar-refractivity contribution in [3.8, 4) is 0 Å². The van der Waals surface area contributed by atoms with E-state index in [1.54, 1.807) is 0 Å². The maximum Gasteiger partial charge on any atom is 0.0830 e. The van der Waals surface area contributed by atoms with Crippen LogP contribution in [0.1, 0.15) is 52.1 Å². The number of rotatable bonds is 6. The quantitative estimate of drug-likeness (QED) is 0.870. The third-order valence-electron chi connectivity index (χ3n) is 4.74. The van der Waals surface area contributed by atoms with Gasteiger partial charge in [-0.1, -0.05) is 26.0 Å². The first kappa shape index (κ1) is 15.5. The van der Waals surface area contributed by atoms with Crippen LogP contribution in [0, 0.1) is 17.8 Å². The van der Waals surface area contributed by atoms with E-state index in [0.717, 1.165) is 30.5 Å². The highest BCUT2D eigenvalue weighted by Crippen LogP contribution is 2.35. The second-order valence-corrected chi connectivity index (χ2v) is 6.73. The van der Waals surface area contributed by atoms with E-state index < -0.39 is 0 Å². The molecule has 1 aliphatic carbocycles. The molecule has 1 aliphatic rings. The molecule has 1 aromatic heterocycles. The van der Waals surface area contributed by atoms with Crippen LogP contribution in [0.5, 0.6) is 0 Å². The Balaban J connectivity index is 2.00. The van der Waals surface area contributed by atoms with Crippen LogP contribution >= 0.6 is 0 Å². The van der Waals surface area contributed by atoms with Gasteiger partial charge in [0.1, 0.15) is 0 Å². The Morgan fingerprint density at radius 3 is 2.80 bits per heavy atom. The second-order valence-electron chi connectivity index (χ2n) is 6.73. The van der Waals surface area contributed by atoms with Crippen LogP contribution in [-0.4, -0.2) is 27.6 Å². The molecule has 1 N–H and O–H groups in total. The molecule has 1 aromatic rings. The third-order valence-corrected chi connectivity index (χ3v) is 4.74. The summed E-state index contributed by atoms with van der Waals surface area (Å²) in [7, 11) is 1.95. The Kier molecular flexibility index (Phi) is 5.58. The molecule has 3 atom stereocenters. The van der Waals surface area contributed by atoms with Gasteiger partial charge in [0, 0.05) is 19.3 Å². The number of nitrogens with zero attached hydrogens (tertiary/aromatic N) is 3. The van der Waals surface area contributed by atoms with Crippen LogP contribution < -0.4 is 5.32 Å². The molecule has 0 aliphatic heterocycles. The summed E-state index contributed by atoms with van der Waals surface area (Å²) >= 11 is 0. The van der Waals surface area contributed by atoms with Gasteiger partial charge < -0.3 is 5.32 Å². The van der Waals surface area contributed by atoms with Crippen molar-refractivity contribution in [1.29, 1.82) is 0 Å². The summed E-state index contributed by atoms with van der Waals surface area (Å²) in [5.74, 6) is 2.38. The van der Waals surface area contributed by atoms with Gasteiger partial charge in [0.2, 0.25) is 0 Å². The first-order chi connectivity index (χ1) is 9.60.